The van der Waals surface area contributed by atoms with Gasteiger partial charge in [-0.05, 0) is 17.7 Å². The highest BCUT2D eigenvalue weighted by Gasteiger charge is 2.15. The Labute approximate surface area is 110 Å². The third-order valence-electron chi connectivity index (χ3n) is 2.50. The van der Waals surface area contributed by atoms with Crippen LogP contribution in [0.25, 0.3) is 0 Å². The molecule has 0 aliphatic carbocycles. The Morgan fingerprint density at radius 3 is 2.68 bits per heavy atom. The summed E-state index contributed by atoms with van der Waals surface area (Å²) in [6.07, 6.45) is 2.02. The maximum absolute atomic E-state index is 13.0. The van der Waals surface area contributed by atoms with E-state index in [0.29, 0.717) is 11.3 Å². The highest BCUT2D eigenvalue weighted by Crippen LogP contribution is 2.13. The number of nitrogens with two attached hydrogens (primary N) is 1. The minimum atomic E-state index is -3.81. The van der Waals surface area contributed by atoms with Crippen LogP contribution in [0.2, 0.25) is 0 Å². The van der Waals surface area contributed by atoms with Gasteiger partial charge in [-0.25, -0.2) is 17.5 Å². The van der Waals surface area contributed by atoms with E-state index in [-0.39, 0.29) is 11.4 Å². The van der Waals surface area contributed by atoms with Crippen LogP contribution in [0.15, 0.2) is 47.6 Å². The number of aromatic nitrogens is 1. The topological polar surface area (TPSA) is 85.1 Å². The molecule has 5 nitrogen and oxygen atoms in total. The molecule has 100 valence electrons. The fourth-order valence-electron chi connectivity index (χ4n) is 1.49. The van der Waals surface area contributed by atoms with E-state index in [1.54, 1.807) is 24.3 Å². The first kappa shape index (κ1) is 13.4. The molecule has 0 bridgehead atoms. The summed E-state index contributed by atoms with van der Waals surface area (Å²) < 4.78 is 39.1. The largest absolute Gasteiger partial charge is 0.398 e. The average Bonchev–Trinajstić information content (AvgIpc) is 2.38. The molecule has 0 fully saturated rings. The molecule has 0 atom stereocenters. The van der Waals surface area contributed by atoms with Gasteiger partial charge in [-0.15, -0.1) is 0 Å². The molecule has 19 heavy (non-hydrogen) atoms. The van der Waals surface area contributed by atoms with Gasteiger partial charge in [0.25, 0.3) is 0 Å². The number of nitrogens with one attached hydrogen (secondary N) is 1. The Bertz CT molecular complexity index is 689. The van der Waals surface area contributed by atoms with Gasteiger partial charge in [-0.1, -0.05) is 18.2 Å². The van der Waals surface area contributed by atoms with Crippen molar-refractivity contribution in [1.29, 1.82) is 0 Å². The van der Waals surface area contributed by atoms with Crippen LogP contribution in [0.5, 0.6) is 0 Å². The van der Waals surface area contributed by atoms with E-state index in [9.17, 15) is 12.8 Å². The highest BCUT2D eigenvalue weighted by atomic mass is 32.2. The number of sulfonamides is 1. The molecule has 1 heterocycles. The summed E-state index contributed by atoms with van der Waals surface area (Å²) >= 11 is 0. The van der Waals surface area contributed by atoms with Crippen LogP contribution in [0.1, 0.15) is 5.56 Å². The van der Waals surface area contributed by atoms with Gasteiger partial charge in [-0.2, -0.15) is 0 Å². The van der Waals surface area contributed by atoms with E-state index in [4.69, 9.17) is 5.73 Å². The second kappa shape index (κ2) is 5.33. The van der Waals surface area contributed by atoms with Gasteiger partial charge in [0, 0.05) is 18.4 Å². The number of pyridine rings is 1. The standard InChI is InChI=1S/C12H12FN3O2S/c13-10-5-11(8-15-7-10)19(17,18)16-6-9-3-1-2-4-12(9)14/h1-5,7-8,16H,6,14H2. The van der Waals surface area contributed by atoms with Gasteiger partial charge in [-0.3, -0.25) is 4.98 Å². The normalized spacial score (nSPS) is 11.4. The van der Waals surface area contributed by atoms with Gasteiger partial charge in [0.05, 0.1) is 6.20 Å². The first-order valence-corrected chi connectivity index (χ1v) is 6.91. The van der Waals surface area contributed by atoms with Crippen molar-refractivity contribution in [2.75, 3.05) is 5.73 Å². The molecule has 0 amide bonds. The maximum atomic E-state index is 13.0. The molecule has 2 rings (SSSR count). The van der Waals surface area contributed by atoms with E-state index < -0.39 is 15.8 Å². The number of para-hydroxylation sites is 1. The molecule has 0 saturated heterocycles. The first-order valence-electron chi connectivity index (χ1n) is 5.42. The van der Waals surface area contributed by atoms with Crippen molar-refractivity contribution in [2.45, 2.75) is 11.4 Å². The number of nitrogens with zero attached hydrogens (tertiary/aromatic N) is 1. The van der Waals surface area contributed by atoms with Crippen LogP contribution in [0.3, 0.4) is 0 Å². The third kappa shape index (κ3) is 3.27. The molecular formula is C12H12FN3O2S. The molecule has 7 heteroatoms. The van der Waals surface area contributed by atoms with E-state index >= 15 is 0 Å². The van der Waals surface area contributed by atoms with Crippen LogP contribution < -0.4 is 10.5 Å². The third-order valence-corrected chi connectivity index (χ3v) is 3.87. The second-order valence-electron chi connectivity index (χ2n) is 3.86. The highest BCUT2D eigenvalue weighted by molar-refractivity contribution is 7.89. The lowest BCUT2D eigenvalue weighted by atomic mass is 10.2. The second-order valence-corrected chi connectivity index (χ2v) is 5.63. The zero-order valence-electron chi connectivity index (χ0n) is 9.88. The SMILES string of the molecule is Nc1ccccc1CNS(=O)(=O)c1cncc(F)c1. The summed E-state index contributed by atoms with van der Waals surface area (Å²) in [7, 11) is -3.81. The van der Waals surface area contributed by atoms with Crippen molar-refractivity contribution in [2.24, 2.45) is 0 Å². The van der Waals surface area contributed by atoms with Crippen molar-refractivity contribution >= 4 is 15.7 Å². The van der Waals surface area contributed by atoms with Crippen molar-refractivity contribution in [1.82, 2.24) is 9.71 Å². The Hall–Kier alpha value is -1.99. The fourth-order valence-corrected chi connectivity index (χ4v) is 2.47. The quantitative estimate of drug-likeness (QED) is 0.827. The van der Waals surface area contributed by atoms with Crippen LogP contribution in [0.4, 0.5) is 10.1 Å². The zero-order chi connectivity index (χ0) is 13.9. The lowest BCUT2D eigenvalue weighted by molar-refractivity contribution is 0.575. The fraction of sp³-hybridized carbons (Fsp3) is 0.0833. The number of benzene rings is 1. The smallest absolute Gasteiger partial charge is 0.242 e. The summed E-state index contributed by atoms with van der Waals surface area (Å²) in [5.74, 6) is -0.706. The summed E-state index contributed by atoms with van der Waals surface area (Å²) in [4.78, 5) is 3.28. The maximum Gasteiger partial charge on any atom is 0.242 e. The number of anilines is 1. The summed E-state index contributed by atoms with van der Waals surface area (Å²) in [6, 6.07) is 7.80. The molecule has 0 radical (unpaired) electrons. The van der Waals surface area contributed by atoms with Crippen molar-refractivity contribution in [3.05, 3.63) is 54.1 Å². The Morgan fingerprint density at radius 2 is 2.00 bits per heavy atom. The van der Waals surface area contributed by atoms with Crippen molar-refractivity contribution in [3.63, 3.8) is 0 Å². The van der Waals surface area contributed by atoms with Crippen LogP contribution >= 0.6 is 0 Å². The minimum absolute atomic E-state index is 0.0333. The van der Waals surface area contributed by atoms with Crippen LogP contribution in [-0.2, 0) is 16.6 Å². The van der Waals surface area contributed by atoms with Gasteiger partial charge in [0.2, 0.25) is 10.0 Å². The van der Waals surface area contributed by atoms with Crippen LogP contribution in [-0.4, -0.2) is 13.4 Å². The monoisotopic (exact) mass is 281 g/mol. The Balaban J connectivity index is 2.17. The van der Waals surface area contributed by atoms with Gasteiger partial charge in [0.15, 0.2) is 0 Å². The molecule has 0 saturated carbocycles. The Kier molecular flexibility index (Phi) is 3.77. The predicted octanol–water partition coefficient (Wildman–Crippen LogP) is 1.28. The van der Waals surface area contributed by atoms with Gasteiger partial charge >= 0.3 is 0 Å². The minimum Gasteiger partial charge on any atom is -0.398 e. The van der Waals surface area contributed by atoms with E-state index in [1.807, 2.05) is 0 Å². The number of hydrogen-bond donors (Lipinski definition) is 2. The summed E-state index contributed by atoms with van der Waals surface area (Å²) in [5, 5.41) is 0. The summed E-state index contributed by atoms with van der Waals surface area (Å²) in [6.45, 7) is 0.0333. The number of rotatable bonds is 4. The zero-order valence-corrected chi connectivity index (χ0v) is 10.7. The van der Waals surface area contributed by atoms with Crippen molar-refractivity contribution < 1.29 is 12.8 Å². The van der Waals surface area contributed by atoms with E-state index in [0.717, 1.165) is 18.5 Å². The molecule has 0 unspecified atom stereocenters. The molecule has 0 spiro atoms. The van der Waals surface area contributed by atoms with E-state index in [2.05, 4.69) is 9.71 Å². The molecule has 3 N–H and O–H groups in total. The van der Waals surface area contributed by atoms with Crippen LogP contribution in [0, 0.1) is 5.82 Å². The lowest BCUT2D eigenvalue weighted by Crippen LogP contribution is -2.24. The average molecular weight is 281 g/mol. The van der Waals surface area contributed by atoms with Gasteiger partial charge in [0.1, 0.15) is 10.7 Å². The van der Waals surface area contributed by atoms with Crippen molar-refractivity contribution in [3.8, 4) is 0 Å². The first-order chi connectivity index (χ1) is 8.99. The number of halogens is 1. The summed E-state index contributed by atoms with van der Waals surface area (Å²) in [5.41, 5.74) is 6.84. The Morgan fingerprint density at radius 1 is 1.26 bits per heavy atom. The molecule has 0 aliphatic rings. The van der Waals surface area contributed by atoms with Gasteiger partial charge < -0.3 is 5.73 Å². The van der Waals surface area contributed by atoms with E-state index in [1.165, 1.54) is 0 Å². The number of hydrogen-bond acceptors (Lipinski definition) is 4. The number of nitrogen functional groups attached to an aromatic ring is 1. The molecule has 1 aromatic heterocycles. The lowest BCUT2D eigenvalue weighted by Gasteiger charge is -2.08. The molecule has 1 aromatic carbocycles. The molecule has 0 aliphatic heterocycles. The molecule has 2 aromatic rings. The molecular weight excluding hydrogens is 269 g/mol. The predicted molar refractivity (Wildman–Crippen MR) is 69.1 cm³/mol.